The number of rotatable bonds is 10. The van der Waals surface area contributed by atoms with Gasteiger partial charge in [0, 0.05) is 36.8 Å². The van der Waals surface area contributed by atoms with Gasteiger partial charge in [-0.1, -0.05) is 37.8 Å². The molecule has 4 rings (SSSR count). The number of thiazole rings is 1. The van der Waals surface area contributed by atoms with Crippen molar-refractivity contribution in [3.63, 3.8) is 0 Å². The number of benzene rings is 1. The minimum Gasteiger partial charge on any atom is -0.465 e. The van der Waals surface area contributed by atoms with Gasteiger partial charge >= 0.3 is 5.97 Å². The largest absolute Gasteiger partial charge is 0.465 e. The number of carbonyl (C=O) groups excluding carboxylic acids is 3. The molecular weight excluding hydrogens is 476 g/mol. The van der Waals surface area contributed by atoms with E-state index in [9.17, 15) is 14.4 Å². The van der Waals surface area contributed by atoms with E-state index in [0.717, 1.165) is 30.5 Å². The lowest BCUT2D eigenvalue weighted by Crippen LogP contribution is -2.23. The third kappa shape index (κ3) is 7.21. The average Bonchev–Trinajstić information content (AvgIpc) is 3.55. The van der Waals surface area contributed by atoms with E-state index in [1.165, 1.54) is 37.3 Å². The van der Waals surface area contributed by atoms with Crippen molar-refractivity contribution in [1.82, 2.24) is 9.97 Å². The van der Waals surface area contributed by atoms with Gasteiger partial charge in [-0.05, 0) is 42.2 Å². The first-order valence-electron chi connectivity index (χ1n) is 12.2. The quantitative estimate of drug-likeness (QED) is 0.366. The van der Waals surface area contributed by atoms with Crippen LogP contribution in [0.1, 0.15) is 66.6 Å². The molecule has 2 amide bonds. The summed E-state index contributed by atoms with van der Waals surface area (Å²) >= 11 is 1.36. The van der Waals surface area contributed by atoms with E-state index < -0.39 is 0 Å². The topological polar surface area (TPSA) is 110 Å². The molecule has 0 radical (unpaired) electrons. The second kappa shape index (κ2) is 12.4. The fourth-order valence-electron chi connectivity index (χ4n) is 4.44. The first-order chi connectivity index (χ1) is 17.5. The second-order valence-corrected chi connectivity index (χ2v) is 9.84. The fraction of sp³-hybridized carbons (Fsp3) is 0.370. The van der Waals surface area contributed by atoms with Gasteiger partial charge in [-0.2, -0.15) is 0 Å². The Hall–Kier alpha value is -3.59. The van der Waals surface area contributed by atoms with Gasteiger partial charge in [-0.15, -0.1) is 11.3 Å². The minimum absolute atomic E-state index is 0.0880. The van der Waals surface area contributed by atoms with Crippen LogP contribution in [0.15, 0.2) is 54.2 Å². The SMILES string of the molecule is CC(=O)OCCc1csc(NC(=O)C(CC2CCCC2)c2ccc(NC(=O)c3cccnc3)cc2)n1. The first kappa shape index (κ1) is 25.5. The number of hydrogen-bond donors (Lipinski definition) is 2. The molecule has 1 saturated carbocycles. The van der Waals surface area contributed by atoms with Crippen molar-refractivity contribution in [2.75, 3.05) is 17.2 Å². The summed E-state index contributed by atoms with van der Waals surface area (Å²) in [6.07, 6.45) is 9.11. The van der Waals surface area contributed by atoms with Gasteiger partial charge in [0.1, 0.15) is 0 Å². The number of anilines is 2. The van der Waals surface area contributed by atoms with Crippen LogP contribution in [0.5, 0.6) is 0 Å². The third-order valence-electron chi connectivity index (χ3n) is 6.30. The Morgan fingerprint density at radius 1 is 1.11 bits per heavy atom. The Morgan fingerprint density at radius 2 is 1.89 bits per heavy atom. The Balaban J connectivity index is 1.43. The summed E-state index contributed by atoms with van der Waals surface area (Å²) in [6, 6.07) is 10.9. The molecular formula is C27H30N4O4S. The van der Waals surface area contributed by atoms with Crippen molar-refractivity contribution in [2.24, 2.45) is 5.92 Å². The maximum atomic E-state index is 13.4. The summed E-state index contributed by atoms with van der Waals surface area (Å²) in [5, 5.41) is 8.26. The van der Waals surface area contributed by atoms with Gasteiger partial charge in [0.05, 0.1) is 23.8 Å². The summed E-state index contributed by atoms with van der Waals surface area (Å²) < 4.78 is 4.97. The zero-order valence-corrected chi connectivity index (χ0v) is 21.1. The molecule has 2 N–H and O–H groups in total. The van der Waals surface area contributed by atoms with Crippen molar-refractivity contribution in [3.05, 3.63) is 71.0 Å². The van der Waals surface area contributed by atoms with Gasteiger partial charge in [-0.3, -0.25) is 19.4 Å². The third-order valence-corrected chi connectivity index (χ3v) is 7.11. The number of pyridine rings is 1. The van der Waals surface area contributed by atoms with Crippen LogP contribution in [-0.4, -0.2) is 34.4 Å². The lowest BCUT2D eigenvalue weighted by atomic mass is 9.87. The zero-order valence-electron chi connectivity index (χ0n) is 20.2. The highest BCUT2D eigenvalue weighted by Crippen LogP contribution is 2.35. The molecule has 9 heteroatoms. The molecule has 188 valence electrons. The van der Waals surface area contributed by atoms with Gasteiger partial charge in [0.2, 0.25) is 5.91 Å². The molecule has 0 aliphatic heterocycles. The Morgan fingerprint density at radius 3 is 2.58 bits per heavy atom. The molecule has 1 fully saturated rings. The molecule has 36 heavy (non-hydrogen) atoms. The molecule has 1 unspecified atom stereocenters. The van der Waals surface area contributed by atoms with Crippen LogP contribution in [0.3, 0.4) is 0 Å². The van der Waals surface area contributed by atoms with E-state index in [-0.39, 0.29) is 30.3 Å². The maximum Gasteiger partial charge on any atom is 0.302 e. The van der Waals surface area contributed by atoms with Gasteiger partial charge < -0.3 is 15.4 Å². The van der Waals surface area contributed by atoms with Crippen molar-refractivity contribution in [1.29, 1.82) is 0 Å². The second-order valence-electron chi connectivity index (χ2n) is 8.98. The summed E-state index contributed by atoms with van der Waals surface area (Å²) in [5.41, 5.74) is 2.82. The van der Waals surface area contributed by atoms with Gasteiger partial charge in [-0.25, -0.2) is 4.98 Å². The molecule has 0 bridgehead atoms. The summed E-state index contributed by atoms with van der Waals surface area (Å²) in [6.45, 7) is 1.64. The zero-order chi connectivity index (χ0) is 25.3. The number of amides is 2. The normalized spacial score (nSPS) is 14.2. The molecule has 1 aliphatic rings. The fourth-order valence-corrected chi connectivity index (χ4v) is 5.19. The lowest BCUT2D eigenvalue weighted by Gasteiger charge is -2.20. The Labute approximate surface area is 214 Å². The van der Waals surface area contributed by atoms with Crippen LogP contribution >= 0.6 is 11.3 Å². The highest BCUT2D eigenvalue weighted by atomic mass is 32.1. The number of esters is 1. The predicted molar refractivity (Wildman–Crippen MR) is 139 cm³/mol. The van der Waals surface area contributed by atoms with Crippen LogP contribution in [0.2, 0.25) is 0 Å². The highest BCUT2D eigenvalue weighted by molar-refractivity contribution is 7.13. The number of ether oxygens (including phenoxy) is 1. The van der Waals surface area contributed by atoms with E-state index in [2.05, 4.69) is 20.6 Å². The highest BCUT2D eigenvalue weighted by Gasteiger charge is 2.27. The number of aromatic nitrogens is 2. The number of nitrogens with zero attached hydrogens (tertiary/aromatic N) is 2. The first-order valence-corrected chi connectivity index (χ1v) is 13.1. The molecule has 0 spiro atoms. The van der Waals surface area contributed by atoms with Crippen LogP contribution in [0.25, 0.3) is 0 Å². The predicted octanol–water partition coefficient (Wildman–Crippen LogP) is 5.20. The summed E-state index contributed by atoms with van der Waals surface area (Å²) in [5.74, 6) is -0.443. The molecule has 1 aromatic carbocycles. The number of nitrogens with one attached hydrogen (secondary N) is 2. The van der Waals surface area contributed by atoms with Crippen molar-refractivity contribution < 1.29 is 19.1 Å². The maximum absolute atomic E-state index is 13.4. The van der Waals surface area contributed by atoms with Gasteiger partial charge in [0.25, 0.3) is 5.91 Å². The number of hydrogen-bond acceptors (Lipinski definition) is 7. The van der Waals surface area contributed by atoms with Crippen LogP contribution < -0.4 is 10.6 Å². The van der Waals surface area contributed by atoms with Crippen molar-refractivity contribution in [3.8, 4) is 0 Å². The van der Waals surface area contributed by atoms with Crippen molar-refractivity contribution >= 4 is 39.9 Å². The molecule has 1 atom stereocenters. The van der Waals surface area contributed by atoms with E-state index in [1.54, 1.807) is 18.3 Å². The van der Waals surface area contributed by atoms with Crippen LogP contribution in [-0.2, 0) is 20.7 Å². The standard InChI is InChI=1S/C27H30N4O4S/c1-18(32)35-14-12-23-17-36-27(30-23)31-26(34)24(15-19-5-2-3-6-19)20-8-10-22(11-9-20)29-25(33)21-7-4-13-28-16-21/h4,7-11,13,16-17,19,24H,2-3,5-6,12,14-15H2,1H3,(H,29,33)(H,30,31,34). The molecule has 2 heterocycles. The average molecular weight is 507 g/mol. The molecule has 2 aromatic heterocycles. The molecule has 0 saturated heterocycles. The monoisotopic (exact) mass is 506 g/mol. The number of carbonyl (C=O) groups is 3. The molecule has 8 nitrogen and oxygen atoms in total. The van der Waals surface area contributed by atoms with E-state index in [1.807, 2.05) is 29.6 Å². The van der Waals surface area contributed by atoms with E-state index in [4.69, 9.17) is 4.74 Å². The molecule has 1 aliphatic carbocycles. The lowest BCUT2D eigenvalue weighted by molar-refractivity contribution is -0.140. The van der Waals surface area contributed by atoms with Gasteiger partial charge in [0.15, 0.2) is 5.13 Å². The van der Waals surface area contributed by atoms with E-state index >= 15 is 0 Å². The van der Waals surface area contributed by atoms with Crippen molar-refractivity contribution in [2.45, 2.75) is 51.4 Å². The Bertz CT molecular complexity index is 1170. The van der Waals surface area contributed by atoms with Crippen LogP contribution in [0.4, 0.5) is 10.8 Å². The summed E-state index contributed by atoms with van der Waals surface area (Å²) in [7, 11) is 0. The van der Waals surface area contributed by atoms with E-state index in [0.29, 0.717) is 28.7 Å². The minimum atomic E-state index is -0.323. The Kier molecular flexibility index (Phi) is 8.78. The smallest absolute Gasteiger partial charge is 0.302 e. The van der Waals surface area contributed by atoms with Crippen LogP contribution in [0, 0.1) is 5.92 Å². The summed E-state index contributed by atoms with van der Waals surface area (Å²) in [4.78, 5) is 45.2. The molecule has 3 aromatic rings.